The van der Waals surface area contributed by atoms with Gasteiger partial charge in [-0.25, -0.2) is 4.79 Å². The predicted octanol–water partition coefficient (Wildman–Crippen LogP) is 6.18. The van der Waals surface area contributed by atoms with Crippen LogP contribution in [0.15, 0.2) is 66.9 Å². The molecule has 0 spiro atoms. The Labute approximate surface area is 166 Å². The van der Waals surface area contributed by atoms with E-state index in [1.165, 1.54) is 0 Å². The largest absolute Gasteiger partial charge is 0.444 e. The topological polar surface area (TPSA) is 29.5 Å². The van der Waals surface area contributed by atoms with Crippen LogP contribution in [0.2, 0.25) is 0 Å². The lowest BCUT2D eigenvalue weighted by molar-refractivity contribution is -0.179. The summed E-state index contributed by atoms with van der Waals surface area (Å²) >= 11 is 0. The molecule has 1 aliphatic rings. The number of hydrogen-bond acceptors (Lipinski definition) is 2. The Kier molecular flexibility index (Phi) is 5.30. The molecule has 0 aromatic heterocycles. The van der Waals surface area contributed by atoms with Crippen molar-refractivity contribution in [2.75, 3.05) is 0 Å². The molecule has 0 bridgehead atoms. The molecule has 1 atom stereocenters. The molecule has 2 aromatic rings. The number of halogens is 7. The van der Waals surface area contributed by atoms with Crippen molar-refractivity contribution in [2.45, 2.75) is 30.7 Å². The Morgan fingerprint density at radius 1 is 1.00 bits per heavy atom. The van der Waals surface area contributed by atoms with E-state index >= 15 is 0 Å². The molecule has 1 fully saturated rings. The molecule has 1 amide bonds. The molecule has 1 unspecified atom stereocenters. The van der Waals surface area contributed by atoms with E-state index in [0.29, 0.717) is 29.8 Å². The third-order valence-corrected chi connectivity index (χ3v) is 4.63. The van der Waals surface area contributed by atoms with Crippen LogP contribution >= 0.6 is 0 Å². The molecule has 10 heteroatoms. The smallest absolute Gasteiger partial charge is 0.416 e. The maximum atomic E-state index is 14.5. The standard InChI is InChI=1S/C20H14F7NO2/c1-12-18(21,22)19(23,24)16(14-7-9-15(10-8-14)20(25,26)27)28(12)17(29)30-11-13-5-3-2-4-6-13/h2-10,16H,1,11H2. The maximum absolute atomic E-state index is 14.5. The van der Waals surface area contributed by atoms with E-state index in [4.69, 9.17) is 4.74 Å². The summed E-state index contributed by atoms with van der Waals surface area (Å²) in [6.45, 7) is 2.52. The summed E-state index contributed by atoms with van der Waals surface area (Å²) in [6.07, 6.45) is -6.27. The average Bonchev–Trinajstić information content (AvgIpc) is 2.83. The normalized spacial score (nSPS) is 20.3. The van der Waals surface area contributed by atoms with Gasteiger partial charge < -0.3 is 4.74 Å². The second-order valence-corrected chi connectivity index (χ2v) is 6.58. The number of hydrogen-bond donors (Lipinski definition) is 0. The van der Waals surface area contributed by atoms with Gasteiger partial charge in [0.05, 0.1) is 11.3 Å². The summed E-state index contributed by atoms with van der Waals surface area (Å²) in [6, 6.07) is 7.61. The van der Waals surface area contributed by atoms with Gasteiger partial charge in [0.2, 0.25) is 0 Å². The number of rotatable bonds is 3. The number of amides is 1. The molecular formula is C20H14F7NO2. The van der Waals surface area contributed by atoms with E-state index in [2.05, 4.69) is 6.58 Å². The van der Waals surface area contributed by atoms with Crippen molar-refractivity contribution >= 4 is 6.09 Å². The summed E-state index contributed by atoms with van der Waals surface area (Å²) < 4.78 is 101. The lowest BCUT2D eigenvalue weighted by atomic mass is 9.98. The molecular weight excluding hydrogens is 419 g/mol. The molecule has 3 nitrogen and oxygen atoms in total. The highest BCUT2D eigenvalue weighted by Gasteiger charge is 2.73. The average molecular weight is 433 g/mol. The fourth-order valence-corrected chi connectivity index (χ4v) is 3.05. The third-order valence-electron chi connectivity index (χ3n) is 4.63. The second kappa shape index (κ2) is 7.33. The van der Waals surface area contributed by atoms with Crippen molar-refractivity contribution in [3.05, 3.63) is 83.6 Å². The Hall–Kier alpha value is -3.04. The summed E-state index contributed by atoms with van der Waals surface area (Å²) in [5, 5.41) is 0. The Bertz CT molecular complexity index is 940. The van der Waals surface area contributed by atoms with E-state index in [-0.39, 0.29) is 11.5 Å². The minimum Gasteiger partial charge on any atom is -0.444 e. The number of nitrogens with zero attached hydrogens (tertiary/aromatic N) is 1. The van der Waals surface area contributed by atoms with Crippen LogP contribution in [0.4, 0.5) is 35.5 Å². The lowest BCUT2D eigenvalue weighted by Crippen LogP contribution is -2.40. The van der Waals surface area contributed by atoms with Gasteiger partial charge in [-0.2, -0.15) is 30.7 Å². The molecule has 0 saturated carbocycles. The molecule has 1 saturated heterocycles. The van der Waals surface area contributed by atoms with Gasteiger partial charge in [-0.15, -0.1) is 0 Å². The molecule has 0 N–H and O–H groups in total. The van der Waals surface area contributed by atoms with Gasteiger partial charge in [0.1, 0.15) is 12.6 Å². The van der Waals surface area contributed by atoms with Crippen LogP contribution in [0.25, 0.3) is 0 Å². The first-order valence-electron chi connectivity index (χ1n) is 8.49. The first-order chi connectivity index (χ1) is 13.9. The number of carbonyl (C=O) groups excluding carboxylic acids is 1. The number of benzene rings is 2. The van der Waals surface area contributed by atoms with Gasteiger partial charge in [-0.3, -0.25) is 4.90 Å². The van der Waals surface area contributed by atoms with E-state index in [0.717, 1.165) is 0 Å². The molecule has 2 aromatic carbocycles. The third kappa shape index (κ3) is 3.61. The fraction of sp³-hybridized carbons (Fsp3) is 0.250. The summed E-state index contributed by atoms with van der Waals surface area (Å²) in [5.74, 6) is -9.64. The van der Waals surface area contributed by atoms with E-state index in [1.807, 2.05) is 0 Å². The van der Waals surface area contributed by atoms with Crippen LogP contribution in [0.1, 0.15) is 22.7 Å². The van der Waals surface area contributed by atoms with Gasteiger partial charge in [-0.05, 0) is 23.3 Å². The number of allylic oxidation sites excluding steroid dienone is 1. The van der Waals surface area contributed by atoms with E-state index < -0.39 is 47.0 Å². The molecule has 1 aliphatic heterocycles. The Morgan fingerprint density at radius 3 is 2.10 bits per heavy atom. The number of likely N-dealkylation sites (tertiary alicyclic amines) is 1. The van der Waals surface area contributed by atoms with E-state index in [1.54, 1.807) is 30.3 Å². The van der Waals surface area contributed by atoms with Gasteiger partial charge in [0.15, 0.2) is 0 Å². The predicted molar refractivity (Wildman–Crippen MR) is 91.7 cm³/mol. The number of carbonyl (C=O) groups is 1. The molecule has 0 aliphatic carbocycles. The number of ether oxygens (including phenoxy) is 1. The van der Waals surface area contributed by atoms with Crippen molar-refractivity contribution in [3.63, 3.8) is 0 Å². The van der Waals surface area contributed by atoms with Crippen LogP contribution in [0.3, 0.4) is 0 Å². The van der Waals surface area contributed by atoms with Crippen molar-refractivity contribution in [3.8, 4) is 0 Å². The zero-order valence-corrected chi connectivity index (χ0v) is 15.1. The van der Waals surface area contributed by atoms with Gasteiger partial charge in [-0.1, -0.05) is 49.0 Å². The van der Waals surface area contributed by atoms with Crippen molar-refractivity contribution in [1.82, 2.24) is 4.90 Å². The van der Waals surface area contributed by atoms with Gasteiger partial charge >= 0.3 is 24.1 Å². The molecule has 0 radical (unpaired) electrons. The van der Waals surface area contributed by atoms with Crippen molar-refractivity contribution in [1.29, 1.82) is 0 Å². The van der Waals surface area contributed by atoms with Crippen LogP contribution < -0.4 is 0 Å². The number of alkyl halides is 7. The zero-order valence-electron chi connectivity index (χ0n) is 15.1. The minimum atomic E-state index is -4.82. The first-order valence-corrected chi connectivity index (χ1v) is 8.49. The van der Waals surface area contributed by atoms with Crippen molar-refractivity contribution < 1.29 is 40.3 Å². The van der Waals surface area contributed by atoms with Crippen LogP contribution in [-0.2, 0) is 17.5 Å². The van der Waals surface area contributed by atoms with Gasteiger partial charge in [0.25, 0.3) is 0 Å². The monoisotopic (exact) mass is 433 g/mol. The molecule has 3 rings (SSSR count). The highest BCUT2D eigenvalue weighted by atomic mass is 19.4. The SMILES string of the molecule is C=C1N(C(=O)OCc2ccccc2)C(c2ccc(C(F)(F)F)cc2)C(F)(F)C1(F)F. The first kappa shape index (κ1) is 21.7. The van der Waals surface area contributed by atoms with Crippen molar-refractivity contribution in [2.24, 2.45) is 0 Å². The summed E-state index contributed by atoms with van der Waals surface area (Å²) in [7, 11) is 0. The lowest BCUT2D eigenvalue weighted by Gasteiger charge is -2.27. The Morgan fingerprint density at radius 2 is 1.57 bits per heavy atom. The highest BCUT2D eigenvalue weighted by molar-refractivity contribution is 5.73. The summed E-state index contributed by atoms with van der Waals surface area (Å²) in [4.78, 5) is 12.4. The quantitative estimate of drug-likeness (QED) is 0.541. The molecule has 30 heavy (non-hydrogen) atoms. The van der Waals surface area contributed by atoms with Crippen LogP contribution in [0.5, 0.6) is 0 Å². The fourth-order valence-electron chi connectivity index (χ4n) is 3.05. The zero-order chi connectivity index (χ0) is 22.3. The van der Waals surface area contributed by atoms with E-state index in [9.17, 15) is 35.5 Å². The van der Waals surface area contributed by atoms with Crippen LogP contribution in [0, 0.1) is 0 Å². The summed E-state index contributed by atoms with van der Waals surface area (Å²) in [5.41, 5.74) is -2.81. The van der Waals surface area contributed by atoms with Crippen LogP contribution in [-0.4, -0.2) is 22.8 Å². The van der Waals surface area contributed by atoms with Gasteiger partial charge in [0, 0.05) is 0 Å². The maximum Gasteiger partial charge on any atom is 0.416 e. The second-order valence-electron chi connectivity index (χ2n) is 6.58. The molecule has 1 heterocycles. The minimum absolute atomic E-state index is 0.00840. The highest BCUT2D eigenvalue weighted by Crippen LogP contribution is 2.58. The Balaban J connectivity index is 1.94. The molecule has 160 valence electrons.